The minimum atomic E-state index is -0.480. The first-order chi connectivity index (χ1) is 16.0. The van der Waals surface area contributed by atoms with Gasteiger partial charge in [-0.3, -0.25) is 24.6 Å². The van der Waals surface area contributed by atoms with Crippen molar-refractivity contribution in [2.45, 2.75) is 35.9 Å². The van der Waals surface area contributed by atoms with Gasteiger partial charge >= 0.3 is 0 Å². The molecule has 3 aromatic heterocycles. The van der Waals surface area contributed by atoms with Crippen LogP contribution in [0.1, 0.15) is 40.5 Å². The normalized spacial score (nSPS) is 14.8. The maximum atomic E-state index is 13.0. The largest absolute Gasteiger partial charge is 0.338 e. The van der Waals surface area contributed by atoms with E-state index >= 15 is 0 Å². The summed E-state index contributed by atoms with van der Waals surface area (Å²) in [6.45, 7) is 3.05. The molecule has 4 heterocycles. The molecule has 12 heteroatoms. The van der Waals surface area contributed by atoms with Crippen LogP contribution in [0.5, 0.6) is 0 Å². The van der Waals surface area contributed by atoms with Crippen LogP contribution in [-0.4, -0.2) is 54.1 Å². The van der Waals surface area contributed by atoms with Gasteiger partial charge in [0.1, 0.15) is 4.34 Å². The molecule has 0 bridgehead atoms. The number of nitrogens with zero attached hydrogens (tertiary/aromatic N) is 5. The first kappa shape index (κ1) is 21.6. The van der Waals surface area contributed by atoms with Gasteiger partial charge in [0.25, 0.3) is 17.0 Å². The number of aromatic amines is 2. The van der Waals surface area contributed by atoms with Crippen molar-refractivity contribution in [3.63, 3.8) is 0 Å². The Balaban J connectivity index is 1.21. The number of thioether (sulfide) groups is 1. The molecule has 0 unspecified atom stereocenters. The van der Waals surface area contributed by atoms with Gasteiger partial charge in [-0.25, -0.2) is 9.67 Å². The number of H-pyrrole nitrogens is 2. The molecule has 170 valence electrons. The molecule has 5 rings (SSSR count). The van der Waals surface area contributed by atoms with Crippen LogP contribution >= 0.6 is 23.1 Å². The number of rotatable bonds is 5. The molecule has 1 aliphatic rings. The summed E-state index contributed by atoms with van der Waals surface area (Å²) < 4.78 is 2.56. The van der Waals surface area contributed by atoms with E-state index in [1.54, 1.807) is 23.1 Å². The lowest BCUT2D eigenvalue weighted by Gasteiger charge is -2.32. The molecule has 0 atom stereocenters. The predicted octanol–water partition coefficient (Wildman–Crippen LogP) is 2.34. The molecular formula is C21H21N7O3S2. The zero-order valence-corrected chi connectivity index (χ0v) is 19.4. The predicted molar refractivity (Wildman–Crippen MR) is 126 cm³/mol. The fraction of sp³-hybridized carbons (Fsp3) is 0.333. The van der Waals surface area contributed by atoms with Gasteiger partial charge in [-0.05, 0) is 37.5 Å². The molecule has 1 aromatic carbocycles. The molecule has 4 aromatic rings. The highest BCUT2D eigenvalue weighted by Gasteiger charge is 2.27. The van der Waals surface area contributed by atoms with Crippen LogP contribution in [0, 0.1) is 6.92 Å². The Bertz CT molecular complexity index is 1410. The van der Waals surface area contributed by atoms with Crippen LogP contribution in [-0.2, 0) is 5.75 Å². The van der Waals surface area contributed by atoms with Crippen molar-refractivity contribution in [3.05, 3.63) is 67.2 Å². The van der Waals surface area contributed by atoms with Crippen molar-refractivity contribution in [1.82, 2.24) is 35.1 Å². The molecule has 10 nitrogen and oxygen atoms in total. The van der Waals surface area contributed by atoms with Crippen molar-refractivity contribution < 1.29 is 4.79 Å². The second-order valence-corrected chi connectivity index (χ2v) is 9.98. The summed E-state index contributed by atoms with van der Waals surface area (Å²) in [6, 6.07) is 7.61. The molecule has 0 saturated carbocycles. The van der Waals surface area contributed by atoms with Crippen molar-refractivity contribution in [2.75, 3.05) is 13.1 Å². The van der Waals surface area contributed by atoms with E-state index in [4.69, 9.17) is 0 Å². The Labute approximate surface area is 196 Å². The highest BCUT2D eigenvalue weighted by molar-refractivity contribution is 8.00. The molecule has 1 amide bonds. The molecule has 1 saturated heterocycles. The van der Waals surface area contributed by atoms with Gasteiger partial charge in [0.2, 0.25) is 0 Å². The summed E-state index contributed by atoms with van der Waals surface area (Å²) in [4.78, 5) is 43.3. The Kier molecular flexibility index (Phi) is 5.85. The van der Waals surface area contributed by atoms with Crippen LogP contribution in [0.3, 0.4) is 0 Å². The minimum absolute atomic E-state index is 0.0130. The van der Waals surface area contributed by atoms with E-state index in [2.05, 4.69) is 25.5 Å². The molecule has 0 aliphatic carbocycles. The molecule has 0 spiro atoms. The third-order valence-corrected chi connectivity index (χ3v) is 7.88. The standard InChI is InChI=1S/C21H21N7O3S2/c1-12-10-32-21(22-12)33-11-13-2-4-14(5-3-13)20(31)27-8-6-15(7-9-27)28-17-16(23-26-28)18(29)24-25-19(17)30/h2-5,10,15H,6-9,11H2,1H3,(H,24,29)(H,25,30). The number of thiazole rings is 1. The topological polar surface area (TPSA) is 130 Å². The third-order valence-electron chi connectivity index (χ3n) is 5.67. The number of fused-ring (bicyclic) bond motifs is 1. The molecule has 2 N–H and O–H groups in total. The quantitative estimate of drug-likeness (QED) is 0.417. The fourth-order valence-electron chi connectivity index (χ4n) is 3.93. The number of carbonyl (C=O) groups is 1. The van der Waals surface area contributed by atoms with Crippen LogP contribution in [0.15, 0.2) is 43.6 Å². The van der Waals surface area contributed by atoms with Crippen LogP contribution in [0.4, 0.5) is 0 Å². The number of aryl methyl sites for hydroxylation is 1. The lowest BCUT2D eigenvalue weighted by atomic mass is 10.0. The highest BCUT2D eigenvalue weighted by Crippen LogP contribution is 2.27. The Morgan fingerprint density at radius 3 is 2.58 bits per heavy atom. The van der Waals surface area contributed by atoms with Crippen molar-refractivity contribution in [3.8, 4) is 0 Å². The number of nitrogens with one attached hydrogen (secondary N) is 2. The van der Waals surface area contributed by atoms with Crippen LogP contribution in [0.25, 0.3) is 11.0 Å². The number of hydrogen-bond acceptors (Lipinski definition) is 8. The van der Waals surface area contributed by atoms with Gasteiger partial charge in [-0.1, -0.05) is 29.1 Å². The number of piperidine rings is 1. The Morgan fingerprint density at radius 1 is 1.15 bits per heavy atom. The molecule has 33 heavy (non-hydrogen) atoms. The number of benzene rings is 1. The molecule has 1 fully saturated rings. The average Bonchev–Trinajstić information content (AvgIpc) is 3.47. The second kappa shape index (κ2) is 8.94. The van der Waals surface area contributed by atoms with E-state index in [0.29, 0.717) is 31.5 Å². The van der Waals surface area contributed by atoms with Crippen molar-refractivity contribution >= 4 is 40.0 Å². The fourth-order valence-corrected chi connectivity index (χ4v) is 5.73. The van der Waals surface area contributed by atoms with E-state index < -0.39 is 11.1 Å². The molecular weight excluding hydrogens is 462 g/mol. The number of hydrogen-bond donors (Lipinski definition) is 2. The minimum Gasteiger partial charge on any atom is -0.338 e. The van der Waals surface area contributed by atoms with E-state index in [1.165, 1.54) is 4.68 Å². The molecule has 1 aliphatic heterocycles. The average molecular weight is 484 g/mol. The van der Waals surface area contributed by atoms with Crippen LogP contribution < -0.4 is 11.1 Å². The first-order valence-corrected chi connectivity index (χ1v) is 12.3. The van der Waals surface area contributed by atoms with Gasteiger partial charge in [-0.15, -0.1) is 16.4 Å². The zero-order valence-electron chi connectivity index (χ0n) is 17.8. The smallest absolute Gasteiger partial charge is 0.292 e. The van der Waals surface area contributed by atoms with Crippen molar-refractivity contribution in [1.29, 1.82) is 0 Å². The molecule has 0 radical (unpaired) electrons. The van der Waals surface area contributed by atoms with Gasteiger partial charge in [0.15, 0.2) is 11.0 Å². The van der Waals surface area contributed by atoms with Gasteiger partial charge in [0.05, 0.1) is 6.04 Å². The summed E-state index contributed by atoms with van der Waals surface area (Å²) in [6.07, 6.45) is 1.25. The Morgan fingerprint density at radius 2 is 1.88 bits per heavy atom. The van der Waals surface area contributed by atoms with Gasteiger partial charge in [0, 0.05) is 35.5 Å². The number of carbonyl (C=O) groups excluding carboxylic acids is 1. The number of aromatic nitrogens is 6. The zero-order chi connectivity index (χ0) is 22.9. The van der Waals surface area contributed by atoms with Gasteiger partial charge < -0.3 is 4.90 Å². The summed E-state index contributed by atoms with van der Waals surface area (Å²) in [5.74, 6) is 0.793. The van der Waals surface area contributed by atoms with E-state index in [0.717, 1.165) is 21.3 Å². The van der Waals surface area contributed by atoms with E-state index in [9.17, 15) is 14.4 Å². The van der Waals surface area contributed by atoms with E-state index in [1.807, 2.05) is 41.5 Å². The van der Waals surface area contributed by atoms with Gasteiger partial charge in [-0.2, -0.15) is 0 Å². The van der Waals surface area contributed by atoms with Crippen molar-refractivity contribution in [2.24, 2.45) is 0 Å². The summed E-state index contributed by atoms with van der Waals surface area (Å²) >= 11 is 3.33. The lowest BCUT2D eigenvalue weighted by Crippen LogP contribution is -2.39. The number of likely N-dealkylation sites (tertiary alicyclic amines) is 1. The monoisotopic (exact) mass is 483 g/mol. The SMILES string of the molecule is Cc1csc(SCc2ccc(C(=O)N3CCC(n4nnc5c(=O)[nH][nH]c(=O)c54)CC3)cc2)n1. The van der Waals surface area contributed by atoms with E-state index in [-0.39, 0.29) is 23.0 Å². The summed E-state index contributed by atoms with van der Waals surface area (Å²) in [5, 5.41) is 14.5. The summed E-state index contributed by atoms with van der Waals surface area (Å²) in [7, 11) is 0. The Hall–Kier alpha value is -3.25. The highest BCUT2D eigenvalue weighted by atomic mass is 32.2. The number of amides is 1. The first-order valence-electron chi connectivity index (χ1n) is 10.5. The third kappa shape index (κ3) is 4.35. The second-order valence-electron chi connectivity index (χ2n) is 7.90. The maximum Gasteiger partial charge on any atom is 0.292 e. The van der Waals surface area contributed by atoms with Crippen LogP contribution in [0.2, 0.25) is 0 Å². The maximum absolute atomic E-state index is 13.0. The lowest BCUT2D eigenvalue weighted by molar-refractivity contribution is 0.0691. The summed E-state index contributed by atoms with van der Waals surface area (Å²) in [5.41, 5.74) is 2.11.